The number of hydrogen-bond acceptors (Lipinski definition) is 2. The fourth-order valence-corrected chi connectivity index (χ4v) is 1.71. The summed E-state index contributed by atoms with van der Waals surface area (Å²) in [7, 11) is 1.65. The highest BCUT2D eigenvalue weighted by Crippen LogP contribution is 2.22. The number of ether oxygens (including phenoxy) is 1. The maximum atomic E-state index is 11.9. The van der Waals surface area contributed by atoms with Crippen molar-refractivity contribution in [1.82, 2.24) is 5.32 Å². The fraction of sp³-hybridized carbons (Fsp3) is 0.455. The van der Waals surface area contributed by atoms with Crippen LogP contribution in [0.2, 0.25) is 0 Å². The molecule has 1 rings (SSSR count). The van der Waals surface area contributed by atoms with Gasteiger partial charge in [-0.25, -0.2) is 0 Å². The van der Waals surface area contributed by atoms with E-state index in [1.165, 1.54) is 0 Å². The van der Waals surface area contributed by atoms with Gasteiger partial charge in [0.1, 0.15) is 5.75 Å². The van der Waals surface area contributed by atoms with Crippen LogP contribution in [-0.2, 0) is 6.54 Å². The van der Waals surface area contributed by atoms with E-state index in [2.05, 4.69) is 21.2 Å². The lowest BCUT2D eigenvalue weighted by Gasteiger charge is -2.09. The third-order valence-electron chi connectivity index (χ3n) is 2.05. The highest BCUT2D eigenvalue weighted by atomic mass is 79.9. The fourth-order valence-electron chi connectivity index (χ4n) is 1.30. The highest BCUT2D eigenvalue weighted by molar-refractivity contribution is 9.10. The van der Waals surface area contributed by atoms with E-state index in [1.54, 1.807) is 7.11 Å². The Bertz CT molecular complexity index is 307. The van der Waals surface area contributed by atoms with E-state index in [1.807, 2.05) is 18.2 Å². The standard InChI is InChI=1S/C11H15BrFNO/c1-15-11-4-3-10(12)7-9(11)8-14-6-2-5-13/h3-4,7,14H,2,5-6,8H2,1H3. The van der Waals surface area contributed by atoms with Crippen LogP contribution >= 0.6 is 15.9 Å². The summed E-state index contributed by atoms with van der Waals surface area (Å²) in [5.41, 5.74) is 1.07. The molecule has 0 aliphatic carbocycles. The summed E-state index contributed by atoms with van der Waals surface area (Å²) in [5, 5.41) is 3.16. The van der Waals surface area contributed by atoms with Gasteiger partial charge < -0.3 is 10.1 Å². The van der Waals surface area contributed by atoms with Crippen molar-refractivity contribution < 1.29 is 9.13 Å². The summed E-state index contributed by atoms with van der Waals surface area (Å²) in [5.74, 6) is 0.853. The first-order valence-electron chi connectivity index (χ1n) is 4.87. The number of nitrogens with one attached hydrogen (secondary N) is 1. The Morgan fingerprint density at radius 1 is 1.47 bits per heavy atom. The lowest BCUT2D eigenvalue weighted by Crippen LogP contribution is -2.15. The van der Waals surface area contributed by atoms with E-state index in [0.29, 0.717) is 19.5 Å². The molecule has 4 heteroatoms. The molecule has 1 aromatic rings. The molecule has 0 bridgehead atoms. The van der Waals surface area contributed by atoms with E-state index in [9.17, 15) is 4.39 Å². The van der Waals surface area contributed by atoms with Crippen molar-refractivity contribution in [3.63, 3.8) is 0 Å². The van der Waals surface area contributed by atoms with Crippen molar-refractivity contribution >= 4 is 15.9 Å². The van der Waals surface area contributed by atoms with Gasteiger partial charge in [0.25, 0.3) is 0 Å². The van der Waals surface area contributed by atoms with Crippen molar-refractivity contribution in [3.8, 4) is 5.75 Å². The van der Waals surface area contributed by atoms with Gasteiger partial charge in [-0.3, -0.25) is 4.39 Å². The average molecular weight is 276 g/mol. The summed E-state index contributed by atoms with van der Waals surface area (Å²) in [6, 6.07) is 5.85. The van der Waals surface area contributed by atoms with Gasteiger partial charge in [-0.05, 0) is 31.2 Å². The van der Waals surface area contributed by atoms with Crippen LogP contribution < -0.4 is 10.1 Å². The number of rotatable bonds is 6. The van der Waals surface area contributed by atoms with Crippen LogP contribution in [0.3, 0.4) is 0 Å². The molecular formula is C11H15BrFNO. The largest absolute Gasteiger partial charge is 0.496 e. The van der Waals surface area contributed by atoms with Gasteiger partial charge in [0, 0.05) is 16.6 Å². The molecular weight excluding hydrogens is 261 g/mol. The first kappa shape index (κ1) is 12.5. The van der Waals surface area contributed by atoms with E-state index in [-0.39, 0.29) is 6.67 Å². The normalized spacial score (nSPS) is 10.3. The number of methoxy groups -OCH3 is 1. The Hall–Kier alpha value is -0.610. The van der Waals surface area contributed by atoms with Gasteiger partial charge in [-0.1, -0.05) is 15.9 Å². The van der Waals surface area contributed by atoms with Gasteiger partial charge in [-0.15, -0.1) is 0 Å². The lowest BCUT2D eigenvalue weighted by molar-refractivity contribution is 0.406. The molecule has 0 aliphatic heterocycles. The van der Waals surface area contributed by atoms with Gasteiger partial charge in [0.2, 0.25) is 0 Å². The predicted octanol–water partition coefficient (Wildman–Crippen LogP) is 2.91. The number of alkyl halides is 1. The molecule has 1 aromatic carbocycles. The summed E-state index contributed by atoms with van der Waals surface area (Å²) < 4.78 is 18.1. The molecule has 0 spiro atoms. The predicted molar refractivity (Wildman–Crippen MR) is 63.0 cm³/mol. The van der Waals surface area contributed by atoms with E-state index in [4.69, 9.17) is 4.74 Å². The second kappa shape index (κ2) is 6.80. The van der Waals surface area contributed by atoms with E-state index >= 15 is 0 Å². The average Bonchev–Trinajstić information content (AvgIpc) is 2.25. The van der Waals surface area contributed by atoms with Crippen molar-refractivity contribution in [2.75, 3.05) is 20.3 Å². The van der Waals surface area contributed by atoms with Gasteiger partial charge >= 0.3 is 0 Å². The lowest BCUT2D eigenvalue weighted by atomic mass is 10.2. The highest BCUT2D eigenvalue weighted by Gasteiger charge is 2.02. The van der Waals surface area contributed by atoms with Crippen molar-refractivity contribution in [2.24, 2.45) is 0 Å². The number of halogens is 2. The van der Waals surface area contributed by atoms with Crippen LogP contribution in [0.5, 0.6) is 5.75 Å². The summed E-state index contributed by atoms with van der Waals surface area (Å²) in [6.07, 6.45) is 0.552. The van der Waals surface area contributed by atoms with Crippen LogP contribution in [0.25, 0.3) is 0 Å². The zero-order chi connectivity index (χ0) is 11.1. The summed E-state index contributed by atoms with van der Waals surface area (Å²) in [6.45, 7) is 1.11. The monoisotopic (exact) mass is 275 g/mol. The second-order valence-electron chi connectivity index (χ2n) is 3.18. The van der Waals surface area contributed by atoms with Crippen molar-refractivity contribution in [3.05, 3.63) is 28.2 Å². The van der Waals surface area contributed by atoms with Crippen LogP contribution in [-0.4, -0.2) is 20.3 Å². The Morgan fingerprint density at radius 3 is 2.93 bits per heavy atom. The van der Waals surface area contributed by atoms with Crippen LogP contribution in [0, 0.1) is 0 Å². The Kier molecular flexibility index (Phi) is 5.65. The first-order chi connectivity index (χ1) is 7.27. The molecule has 0 aliphatic rings. The minimum absolute atomic E-state index is 0.275. The Morgan fingerprint density at radius 2 is 2.27 bits per heavy atom. The Labute approximate surface area is 98.0 Å². The second-order valence-corrected chi connectivity index (χ2v) is 4.09. The maximum absolute atomic E-state index is 11.9. The molecule has 1 N–H and O–H groups in total. The smallest absolute Gasteiger partial charge is 0.123 e. The van der Waals surface area contributed by atoms with Crippen molar-refractivity contribution in [1.29, 1.82) is 0 Å². The molecule has 84 valence electrons. The third-order valence-corrected chi connectivity index (χ3v) is 2.54. The number of hydrogen-bond donors (Lipinski definition) is 1. The van der Waals surface area contributed by atoms with Gasteiger partial charge in [-0.2, -0.15) is 0 Å². The molecule has 0 unspecified atom stereocenters. The molecule has 0 aromatic heterocycles. The zero-order valence-electron chi connectivity index (χ0n) is 8.72. The SMILES string of the molecule is COc1ccc(Br)cc1CNCCCF. The first-order valence-corrected chi connectivity index (χ1v) is 5.66. The van der Waals surface area contributed by atoms with E-state index in [0.717, 1.165) is 15.8 Å². The summed E-state index contributed by atoms with van der Waals surface area (Å²) in [4.78, 5) is 0. The van der Waals surface area contributed by atoms with Crippen molar-refractivity contribution in [2.45, 2.75) is 13.0 Å². The molecule has 2 nitrogen and oxygen atoms in total. The van der Waals surface area contributed by atoms with Crippen LogP contribution in [0.1, 0.15) is 12.0 Å². The molecule has 15 heavy (non-hydrogen) atoms. The maximum Gasteiger partial charge on any atom is 0.123 e. The van der Waals surface area contributed by atoms with Crippen LogP contribution in [0.4, 0.5) is 4.39 Å². The molecule has 0 amide bonds. The number of benzene rings is 1. The molecule has 0 saturated carbocycles. The van der Waals surface area contributed by atoms with Gasteiger partial charge in [0.05, 0.1) is 13.8 Å². The zero-order valence-corrected chi connectivity index (χ0v) is 10.3. The topological polar surface area (TPSA) is 21.3 Å². The van der Waals surface area contributed by atoms with E-state index < -0.39 is 0 Å². The molecule has 0 saturated heterocycles. The summed E-state index contributed by atoms with van der Waals surface area (Å²) >= 11 is 3.40. The molecule has 0 atom stereocenters. The quantitative estimate of drug-likeness (QED) is 0.807. The van der Waals surface area contributed by atoms with Gasteiger partial charge in [0.15, 0.2) is 0 Å². The van der Waals surface area contributed by atoms with Crippen LogP contribution in [0.15, 0.2) is 22.7 Å². The Balaban J connectivity index is 2.54. The minimum atomic E-state index is -0.275. The minimum Gasteiger partial charge on any atom is -0.496 e. The molecule has 0 radical (unpaired) electrons. The molecule has 0 heterocycles. The molecule has 0 fully saturated rings. The third kappa shape index (κ3) is 4.18.